The summed E-state index contributed by atoms with van der Waals surface area (Å²) in [5.41, 5.74) is 4.56. The zero-order chi connectivity index (χ0) is 18.8. The molecule has 26 heavy (non-hydrogen) atoms. The van der Waals surface area contributed by atoms with Gasteiger partial charge in [0, 0.05) is 11.9 Å². The molecular weight excluding hydrogens is 326 g/mol. The fourth-order valence-electron chi connectivity index (χ4n) is 3.37. The van der Waals surface area contributed by atoms with Crippen LogP contribution in [-0.4, -0.2) is 44.1 Å². The van der Waals surface area contributed by atoms with Crippen molar-refractivity contribution in [2.45, 2.75) is 41.2 Å². The maximum atomic E-state index is 13.1. The highest BCUT2D eigenvalue weighted by molar-refractivity contribution is 5.81. The first-order valence-corrected chi connectivity index (χ1v) is 9.21. The minimum Gasteiger partial charge on any atom is -0.302 e. The smallest absolute Gasteiger partial charge is 0.293 e. The second-order valence-corrected chi connectivity index (χ2v) is 6.75. The van der Waals surface area contributed by atoms with Gasteiger partial charge in [0.25, 0.3) is 5.56 Å². The first-order valence-electron chi connectivity index (χ1n) is 9.21. The Morgan fingerprint density at radius 1 is 1.12 bits per heavy atom. The van der Waals surface area contributed by atoms with Crippen molar-refractivity contribution in [3.63, 3.8) is 0 Å². The third-order valence-corrected chi connectivity index (χ3v) is 4.97. The van der Waals surface area contributed by atoms with E-state index in [0.717, 1.165) is 42.0 Å². The van der Waals surface area contributed by atoms with Crippen molar-refractivity contribution < 1.29 is 0 Å². The summed E-state index contributed by atoms with van der Waals surface area (Å²) < 4.78 is 3.34. The molecule has 0 saturated carbocycles. The molecule has 6 heteroatoms. The van der Waals surface area contributed by atoms with Gasteiger partial charge in [-0.1, -0.05) is 31.5 Å². The van der Waals surface area contributed by atoms with Crippen molar-refractivity contribution in [1.82, 2.24) is 24.5 Å². The van der Waals surface area contributed by atoms with Gasteiger partial charge in [0.15, 0.2) is 0 Å². The lowest BCUT2D eigenvalue weighted by Crippen LogP contribution is -2.33. The largest absolute Gasteiger partial charge is 0.302 e. The Bertz CT molecular complexity index is 982. The molecule has 1 aromatic carbocycles. The molecule has 0 atom stereocenters. The van der Waals surface area contributed by atoms with Crippen LogP contribution in [0.1, 0.15) is 30.7 Å². The number of benzene rings is 1. The quantitative estimate of drug-likeness (QED) is 0.684. The lowest BCUT2D eigenvalue weighted by Gasteiger charge is -2.18. The highest BCUT2D eigenvalue weighted by atomic mass is 16.1. The molecule has 0 saturated heterocycles. The first-order chi connectivity index (χ1) is 12.5. The number of hydrogen-bond donors (Lipinski definition) is 0. The SMILES string of the molecule is CCN(CC)CCn1nc(C)c2cnn(-c3ccc(C)cc3C)c2c1=O. The molecule has 3 aromatic rings. The lowest BCUT2D eigenvalue weighted by molar-refractivity contribution is 0.282. The van der Waals surface area contributed by atoms with Crippen LogP contribution in [-0.2, 0) is 6.54 Å². The molecule has 0 amide bonds. The minimum atomic E-state index is -0.0877. The van der Waals surface area contributed by atoms with Crippen LogP contribution in [0, 0.1) is 20.8 Å². The van der Waals surface area contributed by atoms with Crippen LogP contribution in [0.25, 0.3) is 16.6 Å². The van der Waals surface area contributed by atoms with Crippen molar-refractivity contribution in [1.29, 1.82) is 0 Å². The van der Waals surface area contributed by atoms with E-state index in [9.17, 15) is 4.79 Å². The summed E-state index contributed by atoms with van der Waals surface area (Å²) in [6.07, 6.45) is 1.74. The lowest BCUT2D eigenvalue weighted by atomic mass is 10.1. The topological polar surface area (TPSA) is 56.0 Å². The molecule has 2 heterocycles. The molecule has 138 valence electrons. The Kier molecular flexibility index (Phi) is 5.23. The van der Waals surface area contributed by atoms with Crippen molar-refractivity contribution in [2.24, 2.45) is 0 Å². The van der Waals surface area contributed by atoms with Gasteiger partial charge in [0.1, 0.15) is 5.52 Å². The Morgan fingerprint density at radius 2 is 1.85 bits per heavy atom. The van der Waals surface area contributed by atoms with E-state index in [1.165, 1.54) is 5.56 Å². The number of rotatable bonds is 6. The zero-order valence-corrected chi connectivity index (χ0v) is 16.3. The van der Waals surface area contributed by atoms with E-state index in [4.69, 9.17) is 0 Å². The molecule has 0 spiro atoms. The third kappa shape index (κ3) is 3.29. The number of likely N-dealkylation sites (N-methyl/N-ethyl adjacent to an activating group) is 1. The van der Waals surface area contributed by atoms with Gasteiger partial charge in [-0.3, -0.25) is 4.79 Å². The number of nitrogens with zero attached hydrogens (tertiary/aromatic N) is 5. The highest BCUT2D eigenvalue weighted by Gasteiger charge is 2.16. The predicted molar refractivity (Wildman–Crippen MR) is 105 cm³/mol. The second-order valence-electron chi connectivity index (χ2n) is 6.75. The van der Waals surface area contributed by atoms with Crippen molar-refractivity contribution >= 4 is 10.9 Å². The van der Waals surface area contributed by atoms with E-state index < -0.39 is 0 Å². The Labute approximate surface area is 154 Å². The standard InChI is InChI=1S/C20H27N5O/c1-6-23(7-2)10-11-24-20(26)19-17(16(5)22-24)13-21-25(19)18-9-8-14(3)12-15(18)4/h8-9,12-13H,6-7,10-11H2,1-5H3. The average Bonchev–Trinajstić information content (AvgIpc) is 3.05. The van der Waals surface area contributed by atoms with E-state index >= 15 is 0 Å². The van der Waals surface area contributed by atoms with E-state index in [1.807, 2.05) is 26.0 Å². The maximum Gasteiger partial charge on any atom is 0.293 e. The summed E-state index contributed by atoms with van der Waals surface area (Å²) in [6, 6.07) is 6.17. The summed E-state index contributed by atoms with van der Waals surface area (Å²) in [5, 5.41) is 9.82. The van der Waals surface area contributed by atoms with Gasteiger partial charge in [0.05, 0.1) is 24.1 Å². The molecule has 3 rings (SSSR count). The van der Waals surface area contributed by atoms with E-state index in [-0.39, 0.29) is 5.56 Å². The Balaban J connectivity index is 2.11. The molecular formula is C20H27N5O. The number of hydrogen-bond acceptors (Lipinski definition) is 4. The maximum absolute atomic E-state index is 13.1. The van der Waals surface area contributed by atoms with Crippen molar-refractivity contribution in [2.75, 3.05) is 19.6 Å². The second kappa shape index (κ2) is 7.41. The average molecular weight is 353 g/mol. The molecule has 0 fully saturated rings. The van der Waals surface area contributed by atoms with Crippen molar-refractivity contribution in [3.8, 4) is 5.69 Å². The third-order valence-electron chi connectivity index (χ3n) is 4.97. The van der Waals surface area contributed by atoms with Crippen LogP contribution in [0.15, 0.2) is 29.2 Å². The summed E-state index contributed by atoms with van der Waals surface area (Å²) in [6.45, 7) is 13.6. The molecule has 0 aliphatic carbocycles. The molecule has 0 radical (unpaired) electrons. The summed E-state index contributed by atoms with van der Waals surface area (Å²) in [4.78, 5) is 15.4. The summed E-state index contributed by atoms with van der Waals surface area (Å²) >= 11 is 0. The molecule has 2 aromatic heterocycles. The van der Waals surface area contributed by atoms with Crippen LogP contribution in [0.4, 0.5) is 0 Å². The van der Waals surface area contributed by atoms with Gasteiger partial charge in [-0.2, -0.15) is 10.2 Å². The van der Waals surface area contributed by atoms with Crippen LogP contribution in [0.2, 0.25) is 0 Å². The van der Waals surface area contributed by atoms with Crippen LogP contribution in [0.3, 0.4) is 0 Å². The van der Waals surface area contributed by atoms with Gasteiger partial charge in [0.2, 0.25) is 0 Å². The fourth-order valence-corrected chi connectivity index (χ4v) is 3.37. The van der Waals surface area contributed by atoms with Gasteiger partial charge >= 0.3 is 0 Å². The van der Waals surface area contributed by atoms with Gasteiger partial charge < -0.3 is 4.90 Å². The minimum absolute atomic E-state index is 0.0877. The molecule has 6 nitrogen and oxygen atoms in total. The van der Waals surface area contributed by atoms with Gasteiger partial charge in [-0.05, 0) is 45.5 Å². The van der Waals surface area contributed by atoms with Crippen LogP contribution >= 0.6 is 0 Å². The summed E-state index contributed by atoms with van der Waals surface area (Å²) in [5.74, 6) is 0. The van der Waals surface area contributed by atoms with E-state index in [0.29, 0.717) is 12.1 Å². The number of aromatic nitrogens is 4. The molecule has 0 aliphatic rings. The summed E-state index contributed by atoms with van der Waals surface area (Å²) in [7, 11) is 0. The van der Waals surface area contributed by atoms with Gasteiger partial charge in [-0.25, -0.2) is 9.36 Å². The fraction of sp³-hybridized carbons (Fsp3) is 0.450. The molecule has 0 unspecified atom stereocenters. The van der Waals surface area contributed by atoms with Crippen LogP contribution in [0.5, 0.6) is 0 Å². The van der Waals surface area contributed by atoms with Crippen molar-refractivity contribution in [3.05, 3.63) is 51.6 Å². The molecule has 0 bridgehead atoms. The van der Waals surface area contributed by atoms with E-state index in [2.05, 4.69) is 41.9 Å². The number of fused-ring (bicyclic) bond motifs is 1. The van der Waals surface area contributed by atoms with E-state index in [1.54, 1.807) is 15.6 Å². The number of aryl methyl sites for hydroxylation is 3. The zero-order valence-electron chi connectivity index (χ0n) is 16.3. The van der Waals surface area contributed by atoms with Gasteiger partial charge in [-0.15, -0.1) is 0 Å². The predicted octanol–water partition coefficient (Wildman–Crippen LogP) is 2.85. The van der Waals surface area contributed by atoms with Crippen LogP contribution < -0.4 is 5.56 Å². The normalized spacial score (nSPS) is 11.6. The molecule has 0 aliphatic heterocycles. The first kappa shape index (κ1) is 18.3. The Morgan fingerprint density at radius 3 is 2.50 bits per heavy atom. The Hall–Kier alpha value is -2.47. The molecule has 0 N–H and O–H groups in total. The highest BCUT2D eigenvalue weighted by Crippen LogP contribution is 2.20. The monoisotopic (exact) mass is 353 g/mol.